The van der Waals surface area contributed by atoms with E-state index in [0.29, 0.717) is 18.9 Å². The fourth-order valence-electron chi connectivity index (χ4n) is 3.59. The maximum atomic E-state index is 12.9. The van der Waals surface area contributed by atoms with Crippen LogP contribution in [0.5, 0.6) is 5.75 Å². The number of benzene rings is 2. The Kier molecular flexibility index (Phi) is 7.06. The first kappa shape index (κ1) is 24.6. The van der Waals surface area contributed by atoms with Crippen molar-refractivity contribution in [3.8, 4) is 5.75 Å². The molecule has 1 unspecified atom stereocenters. The number of halogens is 2. The minimum Gasteiger partial charge on any atom is -0.435 e. The van der Waals surface area contributed by atoms with Crippen LogP contribution in [0.4, 0.5) is 8.78 Å². The Morgan fingerprint density at radius 1 is 1.15 bits per heavy atom. The van der Waals surface area contributed by atoms with Crippen LogP contribution in [-0.4, -0.2) is 43.8 Å². The third kappa shape index (κ3) is 5.50. The summed E-state index contributed by atoms with van der Waals surface area (Å²) in [6, 6.07) is 12.1. The summed E-state index contributed by atoms with van der Waals surface area (Å²) in [7, 11) is -4.36. The molecule has 1 atom stereocenters. The Morgan fingerprint density at radius 2 is 1.82 bits per heavy atom. The normalized spacial score (nSPS) is 18.2. The van der Waals surface area contributed by atoms with Gasteiger partial charge in [0, 0.05) is 12.6 Å². The molecule has 1 saturated heterocycles. The smallest absolute Gasteiger partial charge is 0.387 e. The first-order valence-electron chi connectivity index (χ1n) is 10.4. The Hall–Kier alpha value is -3.01. The lowest BCUT2D eigenvalue weighted by molar-refractivity contribution is -0.156. The summed E-state index contributed by atoms with van der Waals surface area (Å²) >= 11 is 0. The number of hydrogen-bond acceptors (Lipinski definition) is 5. The van der Waals surface area contributed by atoms with Crippen molar-refractivity contribution in [2.75, 3.05) is 6.54 Å². The van der Waals surface area contributed by atoms with Gasteiger partial charge in [0.05, 0.1) is 11.3 Å². The van der Waals surface area contributed by atoms with Crippen molar-refractivity contribution in [1.82, 2.24) is 9.62 Å². The van der Waals surface area contributed by atoms with Gasteiger partial charge in [-0.3, -0.25) is 9.59 Å². The van der Waals surface area contributed by atoms with Crippen molar-refractivity contribution in [2.24, 2.45) is 0 Å². The number of carbonyl (C=O) groups excluding carboxylic acids is 2. The molecule has 7 nitrogen and oxygen atoms in total. The third-order valence-electron chi connectivity index (χ3n) is 5.78. The summed E-state index contributed by atoms with van der Waals surface area (Å²) in [5, 5.41) is 0. The molecule has 1 aliphatic heterocycles. The lowest BCUT2D eigenvalue weighted by atomic mass is 9.85. The van der Waals surface area contributed by atoms with Crippen LogP contribution in [0.2, 0.25) is 0 Å². The Balaban J connectivity index is 1.69. The van der Waals surface area contributed by atoms with Crippen LogP contribution >= 0.6 is 0 Å². The quantitative estimate of drug-likeness (QED) is 0.625. The van der Waals surface area contributed by atoms with Gasteiger partial charge < -0.3 is 9.64 Å². The Labute approximate surface area is 191 Å². The molecule has 1 N–H and O–H groups in total. The second-order valence-electron chi connectivity index (χ2n) is 8.43. The van der Waals surface area contributed by atoms with Crippen molar-refractivity contribution in [2.45, 2.75) is 56.6 Å². The predicted molar refractivity (Wildman–Crippen MR) is 117 cm³/mol. The van der Waals surface area contributed by atoms with Gasteiger partial charge in [-0.2, -0.15) is 8.78 Å². The van der Waals surface area contributed by atoms with Crippen LogP contribution < -0.4 is 9.46 Å². The fraction of sp³-hybridized carbons (Fsp3) is 0.391. The molecule has 0 aliphatic carbocycles. The van der Waals surface area contributed by atoms with E-state index in [9.17, 15) is 26.8 Å². The Bertz CT molecular complexity index is 1140. The lowest BCUT2D eigenvalue weighted by Gasteiger charge is -2.49. The van der Waals surface area contributed by atoms with E-state index < -0.39 is 33.0 Å². The molecule has 1 fully saturated rings. The highest BCUT2D eigenvalue weighted by molar-refractivity contribution is 7.90. The van der Waals surface area contributed by atoms with Gasteiger partial charge >= 0.3 is 6.61 Å². The molecule has 0 spiro atoms. The topological polar surface area (TPSA) is 92.8 Å². The maximum absolute atomic E-state index is 12.9. The molecule has 2 aromatic carbocycles. The van der Waals surface area contributed by atoms with Crippen molar-refractivity contribution in [3.05, 3.63) is 59.7 Å². The van der Waals surface area contributed by atoms with Crippen LogP contribution in [0.25, 0.3) is 0 Å². The molecule has 1 aliphatic rings. The van der Waals surface area contributed by atoms with Gasteiger partial charge in [-0.05, 0) is 42.5 Å². The zero-order chi connectivity index (χ0) is 24.4. The molecule has 0 radical (unpaired) electrons. The van der Waals surface area contributed by atoms with Gasteiger partial charge in [-0.25, -0.2) is 13.1 Å². The minimum absolute atomic E-state index is 0.0843. The van der Waals surface area contributed by atoms with E-state index in [-0.39, 0.29) is 18.1 Å². The number of likely N-dealkylation sites (tertiary alicyclic amines) is 1. The zero-order valence-corrected chi connectivity index (χ0v) is 19.4. The van der Waals surface area contributed by atoms with Crippen LogP contribution in [0.1, 0.15) is 44.2 Å². The lowest BCUT2D eigenvalue weighted by Crippen LogP contribution is -2.68. The number of nitrogens with one attached hydrogen (secondary N) is 1. The van der Waals surface area contributed by atoms with Crippen molar-refractivity contribution < 1.29 is 31.5 Å². The van der Waals surface area contributed by atoms with Crippen molar-refractivity contribution >= 4 is 21.8 Å². The number of ether oxygens (including phenoxy) is 1. The van der Waals surface area contributed by atoms with Crippen LogP contribution in [0.3, 0.4) is 0 Å². The molecule has 2 aromatic rings. The van der Waals surface area contributed by atoms with E-state index in [1.54, 1.807) is 0 Å². The summed E-state index contributed by atoms with van der Waals surface area (Å²) in [5.74, 6) is -1.14. The van der Waals surface area contributed by atoms with Gasteiger partial charge in [0.2, 0.25) is 5.91 Å². The van der Waals surface area contributed by atoms with Gasteiger partial charge in [0.15, 0.2) is 0 Å². The molecule has 33 heavy (non-hydrogen) atoms. The fourth-order valence-corrected chi connectivity index (χ4v) is 4.70. The molecule has 178 valence electrons. The van der Waals surface area contributed by atoms with E-state index in [2.05, 4.69) is 18.6 Å². The largest absolute Gasteiger partial charge is 0.435 e. The zero-order valence-electron chi connectivity index (χ0n) is 18.5. The molecule has 1 heterocycles. The highest BCUT2D eigenvalue weighted by Gasteiger charge is 2.50. The number of alkyl halides is 2. The highest BCUT2D eigenvalue weighted by Crippen LogP contribution is 2.32. The van der Waals surface area contributed by atoms with Crippen molar-refractivity contribution in [1.29, 1.82) is 0 Å². The molecule has 0 aromatic heterocycles. The van der Waals surface area contributed by atoms with E-state index >= 15 is 0 Å². The van der Waals surface area contributed by atoms with Gasteiger partial charge in [-0.1, -0.05) is 44.2 Å². The van der Waals surface area contributed by atoms with Crippen molar-refractivity contribution in [3.63, 3.8) is 0 Å². The summed E-state index contributed by atoms with van der Waals surface area (Å²) < 4.78 is 56.3. The number of rotatable bonds is 8. The first-order chi connectivity index (χ1) is 15.4. The first-order valence-corrected chi connectivity index (χ1v) is 11.9. The molecule has 3 rings (SSSR count). The van der Waals surface area contributed by atoms with E-state index in [1.165, 1.54) is 24.0 Å². The second-order valence-corrected chi connectivity index (χ2v) is 10.1. The number of amides is 2. The third-order valence-corrected chi connectivity index (χ3v) is 7.11. The molecule has 0 saturated carbocycles. The average Bonchev–Trinajstić information content (AvgIpc) is 2.72. The number of nitrogens with zero attached hydrogens (tertiary/aromatic N) is 1. The maximum Gasteiger partial charge on any atom is 0.387 e. The van der Waals surface area contributed by atoms with Crippen LogP contribution in [0, 0.1) is 0 Å². The molecular formula is C23H26F2N2O5S. The predicted octanol–water partition coefficient (Wildman–Crippen LogP) is 3.45. The van der Waals surface area contributed by atoms with E-state index in [4.69, 9.17) is 0 Å². The van der Waals surface area contributed by atoms with Gasteiger partial charge in [0.1, 0.15) is 11.3 Å². The van der Waals surface area contributed by atoms with Gasteiger partial charge in [-0.15, -0.1) is 0 Å². The van der Waals surface area contributed by atoms with Crippen LogP contribution in [0.15, 0.2) is 53.4 Å². The monoisotopic (exact) mass is 480 g/mol. The van der Waals surface area contributed by atoms with E-state index in [1.807, 2.05) is 29.0 Å². The molecule has 2 amide bonds. The summed E-state index contributed by atoms with van der Waals surface area (Å²) in [6.07, 6.45) is 0.377. The van der Waals surface area contributed by atoms with E-state index in [0.717, 1.165) is 23.3 Å². The summed E-state index contributed by atoms with van der Waals surface area (Å²) in [5.41, 5.74) is 0.606. The van der Waals surface area contributed by atoms with Crippen LogP contribution in [-0.2, 0) is 26.0 Å². The number of hydrogen-bond donors (Lipinski definition) is 1. The molecule has 0 bridgehead atoms. The van der Waals surface area contributed by atoms with Gasteiger partial charge in [0.25, 0.3) is 15.9 Å². The highest BCUT2D eigenvalue weighted by atomic mass is 32.2. The summed E-state index contributed by atoms with van der Waals surface area (Å²) in [4.78, 5) is 26.6. The Morgan fingerprint density at radius 3 is 2.36 bits per heavy atom. The standard InChI is InChI=1S/C23H26F2N2O5S/c1-15(2)17-9-7-16(8-10-17)13-20(28)27-12-11-23(27,3)21(29)26-33(30,31)19-6-4-5-18(14-19)32-22(24)25/h4-10,14-15,22H,11-13H2,1-3H3,(H,26,29). The number of sulfonamides is 1. The average molecular weight is 481 g/mol. The summed E-state index contributed by atoms with van der Waals surface area (Å²) in [6.45, 7) is 2.84. The molecule has 10 heteroatoms. The minimum atomic E-state index is -4.36. The SMILES string of the molecule is CC(C)c1ccc(CC(=O)N2CCC2(C)C(=O)NS(=O)(=O)c2cccc(OC(F)F)c2)cc1. The number of carbonyl (C=O) groups is 2. The second kappa shape index (κ2) is 9.46. The molecular weight excluding hydrogens is 454 g/mol.